The van der Waals surface area contributed by atoms with Gasteiger partial charge in [-0.1, -0.05) is 48.5 Å². The van der Waals surface area contributed by atoms with Crippen LogP contribution in [0.15, 0.2) is 97.6 Å². The molecule has 1 saturated carbocycles. The van der Waals surface area contributed by atoms with Crippen LogP contribution in [0.5, 0.6) is 11.5 Å². The minimum Gasteiger partial charge on any atom is -0.496 e. The number of hydrogen-bond acceptors (Lipinski definition) is 13. The second-order valence-electron chi connectivity index (χ2n) is 17.0. The van der Waals surface area contributed by atoms with E-state index in [4.69, 9.17) is 26.0 Å². The fraction of sp³-hybridized carbons (Fsp3) is 0.265. The van der Waals surface area contributed by atoms with E-state index in [1.165, 1.54) is 44.8 Å². The number of alkyl halides is 3. The number of carbonyl (C=O) groups excluding carboxylic acids is 2. The largest absolute Gasteiger partial charge is 0.496 e. The highest BCUT2D eigenvalue weighted by Gasteiger charge is 2.33. The summed E-state index contributed by atoms with van der Waals surface area (Å²) in [4.78, 5) is 41.5. The molecule has 8 aromatic rings. The lowest BCUT2D eigenvalue weighted by molar-refractivity contribution is -0.141. The lowest BCUT2D eigenvalue weighted by Crippen LogP contribution is -2.31. The van der Waals surface area contributed by atoms with Crippen LogP contribution in [0.2, 0.25) is 0 Å². The summed E-state index contributed by atoms with van der Waals surface area (Å²) in [6.07, 6.45) is 0.993. The first-order chi connectivity index (χ1) is 33.9. The average Bonchev–Trinajstić information content (AvgIpc) is 3.92. The minimum atomic E-state index is -4.50. The smallest absolute Gasteiger partial charge is 0.408 e. The van der Waals surface area contributed by atoms with Crippen molar-refractivity contribution in [3.8, 4) is 34.0 Å². The molecule has 1 aliphatic rings. The van der Waals surface area contributed by atoms with Gasteiger partial charge in [-0.2, -0.15) is 23.4 Å². The highest BCUT2D eigenvalue weighted by atomic mass is 19.4. The zero-order valence-electron chi connectivity index (χ0n) is 38.5. The Morgan fingerprint density at radius 1 is 0.704 bits per heavy atom. The van der Waals surface area contributed by atoms with E-state index in [0.29, 0.717) is 52.3 Å². The van der Waals surface area contributed by atoms with Gasteiger partial charge in [0, 0.05) is 24.2 Å². The lowest BCUT2D eigenvalue weighted by atomic mass is 9.84. The first-order valence-electron chi connectivity index (χ1n) is 22.1. The summed E-state index contributed by atoms with van der Waals surface area (Å²) < 4.78 is 79.0. The van der Waals surface area contributed by atoms with Gasteiger partial charge in [-0.25, -0.2) is 38.1 Å². The van der Waals surface area contributed by atoms with E-state index in [0.717, 1.165) is 47.1 Å². The lowest BCUT2D eigenvalue weighted by Gasteiger charge is -2.33. The van der Waals surface area contributed by atoms with E-state index < -0.39 is 41.8 Å². The number of nitrogens with zero attached hydrogens (tertiary/aromatic N) is 8. The number of anilines is 2. The Morgan fingerprint density at radius 3 is 1.62 bits per heavy atom. The van der Waals surface area contributed by atoms with Crippen LogP contribution in [-0.4, -0.2) is 82.4 Å². The highest BCUT2D eigenvalue weighted by Crippen LogP contribution is 2.39. The number of carbonyl (C=O) groups is 2. The zero-order valence-corrected chi connectivity index (χ0v) is 38.5. The number of fused-ring (bicyclic) bond motifs is 2. The molecule has 0 bridgehead atoms. The number of nitrogens with one attached hydrogen (secondary N) is 2. The number of nitrogen functional groups attached to an aromatic ring is 2. The molecule has 4 aromatic heterocycles. The van der Waals surface area contributed by atoms with Gasteiger partial charge in [0.2, 0.25) is 0 Å². The summed E-state index contributed by atoms with van der Waals surface area (Å²) in [6.45, 7) is 0.913. The van der Waals surface area contributed by atoms with Gasteiger partial charge in [0.15, 0.2) is 11.3 Å². The molecule has 0 radical (unpaired) electrons. The molecule has 0 saturated heterocycles. The maximum Gasteiger partial charge on any atom is 0.408 e. The van der Waals surface area contributed by atoms with Crippen molar-refractivity contribution in [1.29, 1.82) is 0 Å². The summed E-state index contributed by atoms with van der Waals surface area (Å²) in [5.41, 5.74) is 16.1. The number of ether oxygens (including phenoxy) is 2. The molecule has 0 unspecified atom stereocenters. The Bertz CT molecular complexity index is 3220. The Morgan fingerprint density at radius 2 is 1.15 bits per heavy atom. The predicted molar refractivity (Wildman–Crippen MR) is 253 cm³/mol. The molecule has 2 amide bonds. The summed E-state index contributed by atoms with van der Waals surface area (Å²) in [6, 6.07) is 21.8. The first kappa shape index (κ1) is 49.2. The fourth-order valence-corrected chi connectivity index (χ4v) is 8.26. The van der Waals surface area contributed by atoms with Crippen LogP contribution >= 0.6 is 0 Å². The highest BCUT2D eigenvalue weighted by molar-refractivity contribution is 6.00. The number of methoxy groups -OCH3 is 2. The third-order valence-electron chi connectivity index (χ3n) is 12.0. The Balaban J connectivity index is 0.000000191. The van der Waals surface area contributed by atoms with Crippen LogP contribution in [0.25, 0.3) is 44.6 Å². The Hall–Kier alpha value is -8.27. The summed E-state index contributed by atoms with van der Waals surface area (Å²) >= 11 is 0. The van der Waals surface area contributed by atoms with E-state index in [9.17, 15) is 36.6 Å². The number of aromatic nitrogens is 8. The van der Waals surface area contributed by atoms with Crippen LogP contribution < -0.4 is 31.6 Å². The van der Waals surface area contributed by atoms with Crippen molar-refractivity contribution in [2.24, 2.45) is 0 Å². The molecule has 17 nitrogen and oxygen atoms in total. The van der Waals surface area contributed by atoms with Crippen molar-refractivity contribution in [3.63, 3.8) is 0 Å². The van der Waals surface area contributed by atoms with E-state index in [2.05, 4.69) is 35.7 Å². The molecule has 0 atom stereocenters. The molecule has 4 heterocycles. The van der Waals surface area contributed by atoms with E-state index >= 15 is 0 Å². The number of nitrogens with two attached hydrogens (primary N) is 2. The van der Waals surface area contributed by atoms with Gasteiger partial charge < -0.3 is 36.7 Å². The number of aliphatic hydroxyl groups is 1. The molecule has 368 valence electrons. The number of amides is 2. The maximum absolute atomic E-state index is 13.6. The van der Waals surface area contributed by atoms with Crippen LogP contribution in [0.1, 0.15) is 70.5 Å². The zero-order chi connectivity index (χ0) is 50.6. The molecule has 1 fully saturated rings. The Labute approximate surface area is 402 Å². The first-order valence-corrected chi connectivity index (χ1v) is 22.1. The molecule has 9 rings (SSSR count). The third kappa shape index (κ3) is 11.1. The quantitative estimate of drug-likeness (QED) is 0.0738. The van der Waals surface area contributed by atoms with Crippen molar-refractivity contribution in [3.05, 3.63) is 131 Å². The summed E-state index contributed by atoms with van der Waals surface area (Å²) in [5, 5.41) is 25.7. The number of hydrogen-bond donors (Lipinski definition) is 5. The molecule has 71 heavy (non-hydrogen) atoms. The maximum atomic E-state index is 13.6. The standard InChI is InChI=1S/C27H29FN6O3.C22H18F4N6O2/c1-27(36)11-9-19(10-12-27)34-25-22(24(29)31-15-32-25)23(33-34)17-5-3-16(4-6-17)14-30-26(35)20-13-18(28)7-8-21(20)37-2;1-34-16-7-6-14(23)8-15(16)21(33)28-9-12-2-4-13(5-3-12)18-17-19(27)29-11-30-20(17)32(31-18)10-22(24,25)26/h3-8,13,15,19,36H,9-12,14H2,1-2H3,(H,30,35)(H2,29,31,32);2-8,11H,9-10H2,1H3,(H,28,33)(H2,27,29,30). The van der Waals surface area contributed by atoms with E-state index in [1.807, 2.05) is 35.9 Å². The average molecular weight is 979 g/mol. The molecular formula is C49H47F5N12O5. The monoisotopic (exact) mass is 978 g/mol. The predicted octanol–water partition coefficient (Wildman–Crippen LogP) is 7.73. The van der Waals surface area contributed by atoms with Gasteiger partial charge in [0.05, 0.1) is 47.8 Å². The van der Waals surface area contributed by atoms with E-state index in [1.54, 1.807) is 24.3 Å². The van der Waals surface area contributed by atoms with Crippen LogP contribution in [0.3, 0.4) is 0 Å². The van der Waals surface area contributed by atoms with Gasteiger partial charge >= 0.3 is 6.18 Å². The van der Waals surface area contributed by atoms with Crippen molar-refractivity contribution in [2.45, 2.75) is 70.1 Å². The van der Waals surface area contributed by atoms with Crippen molar-refractivity contribution in [2.75, 3.05) is 25.7 Å². The third-order valence-corrected chi connectivity index (χ3v) is 12.0. The number of halogens is 5. The Kier molecular flexibility index (Phi) is 14.1. The SMILES string of the molecule is COc1ccc(F)cc1C(=O)NCc1ccc(-c2nn(C3CCC(C)(O)CC3)c3ncnc(N)c23)cc1.COc1ccc(F)cc1C(=O)NCc1ccc(-c2nn(CC(F)(F)F)c3ncnc(N)c23)cc1. The van der Waals surface area contributed by atoms with Gasteiger partial charge in [-0.05, 0) is 80.1 Å². The molecule has 1 aliphatic carbocycles. The summed E-state index contributed by atoms with van der Waals surface area (Å²) in [7, 11) is 2.81. The fourth-order valence-electron chi connectivity index (χ4n) is 8.26. The molecule has 0 aliphatic heterocycles. The van der Waals surface area contributed by atoms with Crippen molar-refractivity contribution in [1.82, 2.24) is 50.1 Å². The van der Waals surface area contributed by atoms with Crippen LogP contribution in [0.4, 0.5) is 33.6 Å². The van der Waals surface area contributed by atoms with Gasteiger partial charge in [0.25, 0.3) is 11.8 Å². The second kappa shape index (κ2) is 20.4. The second-order valence-corrected chi connectivity index (χ2v) is 17.0. The molecule has 22 heteroatoms. The topological polar surface area (TPSA) is 236 Å². The normalized spacial score (nSPS) is 15.8. The van der Waals surface area contributed by atoms with Crippen LogP contribution in [0, 0.1) is 11.6 Å². The van der Waals surface area contributed by atoms with Crippen molar-refractivity contribution >= 4 is 45.5 Å². The van der Waals surface area contributed by atoms with E-state index in [-0.39, 0.29) is 58.6 Å². The van der Waals surface area contributed by atoms with Crippen LogP contribution in [-0.2, 0) is 19.6 Å². The molecular weight excluding hydrogens is 932 g/mol. The van der Waals surface area contributed by atoms with Gasteiger partial charge in [-0.3, -0.25) is 9.59 Å². The van der Waals surface area contributed by atoms with Gasteiger partial charge in [-0.15, -0.1) is 0 Å². The van der Waals surface area contributed by atoms with Crippen molar-refractivity contribution < 1.29 is 46.1 Å². The minimum absolute atomic E-state index is 0.00815. The molecule has 0 spiro atoms. The molecule has 7 N–H and O–H groups in total. The molecule has 4 aromatic carbocycles. The number of benzene rings is 4. The van der Waals surface area contributed by atoms with Gasteiger partial charge in [0.1, 0.15) is 65.4 Å². The summed E-state index contributed by atoms with van der Waals surface area (Å²) in [5.74, 6) is -1.14. The number of rotatable bonds is 12.